The Morgan fingerprint density at radius 3 is 2.59 bits per heavy atom. The van der Waals surface area contributed by atoms with Gasteiger partial charge in [-0.25, -0.2) is 4.79 Å². The fraction of sp³-hybridized carbons (Fsp3) is 0.579. The van der Waals surface area contributed by atoms with Crippen LogP contribution in [0.1, 0.15) is 48.0 Å². The van der Waals surface area contributed by atoms with Crippen LogP contribution in [0.3, 0.4) is 0 Å². The third-order valence-electron chi connectivity index (χ3n) is 5.72. The number of carboxylic acid groups (broad SMARTS) is 1. The number of fused-ring (bicyclic) bond motifs is 1. The summed E-state index contributed by atoms with van der Waals surface area (Å²) in [7, 11) is 2.93. The quantitative estimate of drug-likeness (QED) is 0.673. The first kappa shape index (κ1) is 19.7. The molecule has 3 rings (SSSR count). The van der Waals surface area contributed by atoms with Gasteiger partial charge >= 0.3 is 13.1 Å². The average molecular weight is 374 g/mol. The molecule has 1 aromatic carbocycles. The smallest absolute Gasteiger partial charge is 0.534 e. The molecule has 1 fully saturated rings. The molecule has 0 spiro atoms. The molecule has 0 unspecified atom stereocenters. The summed E-state index contributed by atoms with van der Waals surface area (Å²) in [5.74, 6) is -1.21. The number of benzene rings is 1. The maximum absolute atomic E-state index is 12.4. The van der Waals surface area contributed by atoms with E-state index in [1.54, 1.807) is 12.1 Å². The van der Waals surface area contributed by atoms with Gasteiger partial charge in [0.1, 0.15) is 5.75 Å². The number of nitrogens with one attached hydrogen (secondary N) is 1. The first-order valence-corrected chi connectivity index (χ1v) is 9.51. The lowest BCUT2D eigenvalue weighted by Gasteiger charge is -2.33. The molecule has 0 saturated heterocycles. The average Bonchev–Trinajstić information content (AvgIpc) is 2.62. The minimum Gasteiger partial charge on any atom is -0.534 e. The molecular weight excluding hydrogens is 347 g/mol. The van der Waals surface area contributed by atoms with Gasteiger partial charge in [-0.2, -0.15) is 0 Å². The SMILES string of the molecule is CN(C)[C@H]1CC[C@H](CC(=O)N[C@H]2Cc3cccc(C(=O)O)c3OB2O)CC1. The van der Waals surface area contributed by atoms with Crippen molar-refractivity contribution in [1.29, 1.82) is 0 Å². The van der Waals surface area contributed by atoms with Crippen molar-refractivity contribution in [2.24, 2.45) is 5.92 Å². The maximum Gasteiger partial charge on any atom is 0.547 e. The van der Waals surface area contributed by atoms with E-state index in [9.17, 15) is 19.7 Å². The Bertz CT molecular complexity index is 703. The second-order valence-electron chi connectivity index (χ2n) is 7.83. The molecule has 27 heavy (non-hydrogen) atoms. The van der Waals surface area contributed by atoms with Crippen LogP contribution in [-0.2, 0) is 11.2 Å². The Morgan fingerprint density at radius 2 is 1.96 bits per heavy atom. The first-order chi connectivity index (χ1) is 12.8. The number of amides is 1. The number of carboxylic acids is 1. The molecule has 1 heterocycles. The van der Waals surface area contributed by atoms with Gasteiger partial charge in [0.25, 0.3) is 0 Å². The highest BCUT2D eigenvalue weighted by Gasteiger charge is 2.38. The van der Waals surface area contributed by atoms with E-state index >= 15 is 0 Å². The van der Waals surface area contributed by atoms with Crippen molar-refractivity contribution in [2.45, 2.75) is 50.5 Å². The fourth-order valence-electron chi connectivity index (χ4n) is 4.11. The van der Waals surface area contributed by atoms with E-state index in [0.717, 1.165) is 25.7 Å². The van der Waals surface area contributed by atoms with Gasteiger partial charge in [-0.3, -0.25) is 4.79 Å². The number of carbonyl (C=O) groups is 2. The van der Waals surface area contributed by atoms with Crippen molar-refractivity contribution in [3.63, 3.8) is 0 Å². The lowest BCUT2D eigenvalue weighted by molar-refractivity contribution is -0.122. The van der Waals surface area contributed by atoms with Gasteiger partial charge in [0.05, 0.1) is 11.5 Å². The van der Waals surface area contributed by atoms with Gasteiger partial charge in [-0.05, 0) is 63.7 Å². The van der Waals surface area contributed by atoms with Crippen molar-refractivity contribution in [1.82, 2.24) is 10.2 Å². The summed E-state index contributed by atoms with van der Waals surface area (Å²) in [5.41, 5.74) is 0.700. The van der Waals surface area contributed by atoms with E-state index in [1.165, 1.54) is 6.07 Å². The van der Waals surface area contributed by atoms with Crippen LogP contribution in [0.15, 0.2) is 18.2 Å². The molecule has 0 bridgehead atoms. The number of nitrogens with zero attached hydrogens (tertiary/aromatic N) is 1. The third-order valence-corrected chi connectivity index (χ3v) is 5.72. The Labute approximate surface area is 159 Å². The van der Waals surface area contributed by atoms with Crippen LogP contribution in [0.5, 0.6) is 5.75 Å². The summed E-state index contributed by atoms with van der Waals surface area (Å²) >= 11 is 0. The van der Waals surface area contributed by atoms with Crippen LogP contribution >= 0.6 is 0 Å². The highest BCUT2D eigenvalue weighted by molar-refractivity contribution is 6.47. The van der Waals surface area contributed by atoms with Gasteiger partial charge in [0, 0.05) is 12.5 Å². The molecule has 1 aliphatic carbocycles. The van der Waals surface area contributed by atoms with Crippen molar-refractivity contribution in [3.8, 4) is 5.75 Å². The summed E-state index contributed by atoms with van der Waals surface area (Å²) in [4.78, 5) is 26.0. The highest BCUT2D eigenvalue weighted by atomic mass is 16.5. The zero-order chi connectivity index (χ0) is 19.6. The summed E-state index contributed by atoms with van der Waals surface area (Å²) in [6.45, 7) is 0. The Hall–Kier alpha value is -2.06. The van der Waals surface area contributed by atoms with Gasteiger partial charge in [0.15, 0.2) is 0 Å². The number of hydrogen-bond acceptors (Lipinski definition) is 5. The van der Waals surface area contributed by atoms with Crippen molar-refractivity contribution >= 4 is 19.0 Å². The molecule has 2 aliphatic rings. The summed E-state index contributed by atoms with van der Waals surface area (Å²) in [6.07, 6.45) is 5.06. The van der Waals surface area contributed by atoms with Gasteiger partial charge in [-0.15, -0.1) is 0 Å². The number of carbonyl (C=O) groups excluding carboxylic acids is 1. The summed E-state index contributed by atoms with van der Waals surface area (Å²) < 4.78 is 5.42. The summed E-state index contributed by atoms with van der Waals surface area (Å²) in [6, 6.07) is 5.44. The van der Waals surface area contributed by atoms with E-state index in [-0.39, 0.29) is 17.2 Å². The minimum absolute atomic E-state index is 0.0222. The van der Waals surface area contributed by atoms with Crippen molar-refractivity contribution in [3.05, 3.63) is 29.3 Å². The van der Waals surface area contributed by atoms with E-state index in [1.807, 2.05) is 0 Å². The van der Waals surface area contributed by atoms with Crippen molar-refractivity contribution in [2.75, 3.05) is 14.1 Å². The van der Waals surface area contributed by atoms with E-state index in [2.05, 4.69) is 24.3 Å². The van der Waals surface area contributed by atoms with Crippen LogP contribution in [0.25, 0.3) is 0 Å². The van der Waals surface area contributed by atoms with Crippen LogP contribution in [0.4, 0.5) is 0 Å². The van der Waals surface area contributed by atoms with Crippen LogP contribution in [0.2, 0.25) is 0 Å². The zero-order valence-corrected chi connectivity index (χ0v) is 15.9. The molecule has 3 N–H and O–H groups in total. The summed E-state index contributed by atoms with van der Waals surface area (Å²) in [5, 5.41) is 22.3. The largest absolute Gasteiger partial charge is 0.547 e. The monoisotopic (exact) mass is 374 g/mol. The van der Waals surface area contributed by atoms with E-state index < -0.39 is 19.0 Å². The third kappa shape index (κ3) is 4.62. The molecular formula is C19H27BN2O5. The van der Waals surface area contributed by atoms with Gasteiger partial charge < -0.3 is 25.0 Å². The van der Waals surface area contributed by atoms with Crippen LogP contribution in [-0.4, -0.2) is 60.1 Å². The van der Waals surface area contributed by atoms with Gasteiger partial charge in [0.2, 0.25) is 5.91 Å². The van der Waals surface area contributed by atoms with Crippen LogP contribution in [0, 0.1) is 5.92 Å². The Morgan fingerprint density at radius 1 is 1.26 bits per heavy atom. The molecule has 8 heteroatoms. The lowest BCUT2D eigenvalue weighted by atomic mass is 9.72. The molecule has 1 aliphatic heterocycles. The predicted molar refractivity (Wildman–Crippen MR) is 102 cm³/mol. The molecule has 1 atom stereocenters. The number of hydrogen-bond donors (Lipinski definition) is 3. The van der Waals surface area contributed by atoms with E-state index in [4.69, 9.17) is 4.65 Å². The molecule has 146 valence electrons. The van der Waals surface area contributed by atoms with Crippen LogP contribution < -0.4 is 9.97 Å². The molecule has 7 nitrogen and oxygen atoms in total. The van der Waals surface area contributed by atoms with Gasteiger partial charge in [-0.1, -0.05) is 12.1 Å². The molecule has 1 amide bonds. The zero-order valence-electron chi connectivity index (χ0n) is 15.9. The molecule has 1 aromatic rings. The normalized spacial score (nSPS) is 24.9. The fourth-order valence-corrected chi connectivity index (χ4v) is 4.11. The Kier molecular flexibility index (Phi) is 6.06. The lowest BCUT2D eigenvalue weighted by Crippen LogP contribution is -2.53. The molecule has 0 aromatic heterocycles. The number of para-hydroxylation sites is 1. The molecule has 0 radical (unpaired) electrons. The number of aromatic carboxylic acids is 1. The van der Waals surface area contributed by atoms with Crippen molar-refractivity contribution < 1.29 is 24.4 Å². The minimum atomic E-state index is -1.26. The number of rotatable bonds is 5. The topological polar surface area (TPSA) is 99.1 Å². The highest BCUT2D eigenvalue weighted by Crippen LogP contribution is 2.31. The molecule has 1 saturated carbocycles. The second kappa shape index (κ2) is 8.31. The van der Waals surface area contributed by atoms with E-state index in [0.29, 0.717) is 30.4 Å². The Balaban J connectivity index is 1.56. The first-order valence-electron chi connectivity index (χ1n) is 9.51. The standard InChI is InChI=1S/C19H27BN2O5/c1-22(2)14-8-6-12(7-9-14)10-17(23)21-16-11-13-4-3-5-15(19(24)25)18(13)27-20(16)26/h3-5,12,14,16,26H,6-11H2,1-2H3,(H,21,23)(H,24,25)/t12-,14-,16-/m0/s1. The maximum atomic E-state index is 12.4. The second-order valence-corrected chi connectivity index (χ2v) is 7.83. The predicted octanol–water partition coefficient (Wildman–Crippen LogP) is 1.33.